The van der Waals surface area contributed by atoms with Gasteiger partial charge in [-0.25, -0.2) is 4.98 Å². The second kappa shape index (κ2) is 5.01. The van der Waals surface area contributed by atoms with Crippen LogP contribution in [0.25, 0.3) is 0 Å². The van der Waals surface area contributed by atoms with Gasteiger partial charge in [0.15, 0.2) is 5.16 Å². The molecule has 1 saturated heterocycles. The lowest BCUT2D eigenvalue weighted by Gasteiger charge is -2.13. The number of carbonyl (C=O) groups excluding carboxylic acids is 1. The molecule has 0 spiro atoms. The van der Waals surface area contributed by atoms with Gasteiger partial charge in [0, 0.05) is 19.8 Å². The van der Waals surface area contributed by atoms with Crippen molar-refractivity contribution in [1.82, 2.24) is 14.5 Å². The van der Waals surface area contributed by atoms with Crippen molar-refractivity contribution in [3.05, 3.63) is 11.9 Å². The molecule has 1 aromatic heterocycles. The average Bonchev–Trinajstić information content (AvgIpc) is 2.81. The zero-order valence-corrected chi connectivity index (χ0v) is 11.1. The van der Waals surface area contributed by atoms with Crippen molar-refractivity contribution in [2.24, 2.45) is 0 Å². The molecule has 1 aliphatic heterocycles. The number of aliphatic carboxylic acids is 1. The van der Waals surface area contributed by atoms with E-state index >= 15 is 0 Å². The number of hydrogen-bond acceptors (Lipinski definition) is 4. The molecule has 1 N–H and O–H groups in total. The molecule has 2 rings (SSSR count). The Bertz CT molecular complexity index is 486. The maximum atomic E-state index is 12.0. The third-order valence-electron chi connectivity index (χ3n) is 2.88. The van der Waals surface area contributed by atoms with Crippen molar-refractivity contribution in [3.8, 4) is 0 Å². The fraction of sp³-hybridized carbons (Fsp3) is 0.545. The fourth-order valence-corrected chi connectivity index (χ4v) is 2.80. The summed E-state index contributed by atoms with van der Waals surface area (Å²) in [4.78, 5) is 28.5. The predicted molar refractivity (Wildman–Crippen MR) is 66.6 cm³/mol. The van der Waals surface area contributed by atoms with E-state index < -0.39 is 5.97 Å². The number of likely N-dealkylation sites (tertiary alicyclic amines) is 1. The molecule has 18 heavy (non-hydrogen) atoms. The highest BCUT2D eigenvalue weighted by molar-refractivity contribution is 7.99. The van der Waals surface area contributed by atoms with Crippen molar-refractivity contribution in [1.29, 1.82) is 0 Å². The minimum Gasteiger partial charge on any atom is -0.481 e. The van der Waals surface area contributed by atoms with E-state index in [-0.39, 0.29) is 17.7 Å². The third-order valence-corrected chi connectivity index (χ3v) is 3.83. The number of carboxylic acid groups (broad SMARTS) is 1. The standard InChI is InChI=1S/C11H15N3O3S/c1-7-5-14(8-3-4-13(2)10(8)17)11(12-7)18-6-9(15)16/h5,8H,3-4,6H2,1-2H3,(H,15,16). The Morgan fingerprint density at radius 2 is 2.39 bits per heavy atom. The van der Waals surface area contributed by atoms with Gasteiger partial charge in [0.1, 0.15) is 6.04 Å². The Balaban J connectivity index is 2.22. The number of aromatic nitrogens is 2. The van der Waals surface area contributed by atoms with E-state index in [1.807, 2.05) is 13.1 Å². The van der Waals surface area contributed by atoms with E-state index in [1.54, 1.807) is 16.5 Å². The molecule has 1 aromatic rings. The second-order valence-corrected chi connectivity index (χ2v) is 5.26. The minimum atomic E-state index is -0.887. The van der Waals surface area contributed by atoms with Gasteiger partial charge < -0.3 is 14.6 Å². The molecule has 0 saturated carbocycles. The molecular formula is C11H15N3O3S. The Morgan fingerprint density at radius 1 is 1.67 bits per heavy atom. The van der Waals surface area contributed by atoms with Crippen molar-refractivity contribution in [2.45, 2.75) is 24.5 Å². The summed E-state index contributed by atoms with van der Waals surface area (Å²) in [5, 5.41) is 9.30. The first-order valence-corrected chi connectivity index (χ1v) is 6.62. The van der Waals surface area contributed by atoms with Crippen molar-refractivity contribution in [3.63, 3.8) is 0 Å². The van der Waals surface area contributed by atoms with Gasteiger partial charge in [-0.05, 0) is 13.3 Å². The van der Waals surface area contributed by atoms with Crippen LogP contribution in [0.2, 0.25) is 0 Å². The van der Waals surface area contributed by atoms with Crippen LogP contribution in [0.3, 0.4) is 0 Å². The number of nitrogens with zero attached hydrogens (tertiary/aromatic N) is 3. The van der Waals surface area contributed by atoms with Gasteiger partial charge in [0.25, 0.3) is 0 Å². The summed E-state index contributed by atoms with van der Waals surface area (Å²) in [7, 11) is 1.77. The number of likely N-dealkylation sites (N-methyl/N-ethyl adjacent to an activating group) is 1. The Morgan fingerprint density at radius 3 is 2.94 bits per heavy atom. The van der Waals surface area contributed by atoms with E-state index in [4.69, 9.17) is 5.11 Å². The monoisotopic (exact) mass is 269 g/mol. The molecule has 0 radical (unpaired) electrons. The lowest BCUT2D eigenvalue weighted by Crippen LogP contribution is -2.24. The second-order valence-electron chi connectivity index (χ2n) is 4.32. The van der Waals surface area contributed by atoms with Crippen LogP contribution < -0.4 is 0 Å². The number of hydrogen-bond donors (Lipinski definition) is 1. The summed E-state index contributed by atoms with van der Waals surface area (Å²) in [6.45, 7) is 2.56. The number of amides is 1. The largest absolute Gasteiger partial charge is 0.481 e. The summed E-state index contributed by atoms with van der Waals surface area (Å²) in [6, 6.07) is -0.243. The summed E-state index contributed by atoms with van der Waals surface area (Å²) < 4.78 is 1.80. The van der Waals surface area contributed by atoms with Crippen LogP contribution in [-0.4, -0.2) is 50.8 Å². The highest BCUT2D eigenvalue weighted by atomic mass is 32.2. The van der Waals surface area contributed by atoms with Gasteiger partial charge in [0.05, 0.1) is 11.4 Å². The van der Waals surface area contributed by atoms with Gasteiger partial charge in [-0.15, -0.1) is 0 Å². The third kappa shape index (κ3) is 2.50. The van der Waals surface area contributed by atoms with Crippen LogP contribution in [0.1, 0.15) is 18.2 Å². The van der Waals surface area contributed by atoms with Gasteiger partial charge in [-0.1, -0.05) is 11.8 Å². The van der Waals surface area contributed by atoms with Crippen LogP contribution in [0.4, 0.5) is 0 Å². The van der Waals surface area contributed by atoms with E-state index in [0.29, 0.717) is 5.16 Å². The van der Waals surface area contributed by atoms with Crippen LogP contribution in [0, 0.1) is 6.92 Å². The fourth-order valence-electron chi connectivity index (χ4n) is 2.01. The molecular weight excluding hydrogens is 254 g/mol. The number of carboxylic acids is 1. The summed E-state index contributed by atoms with van der Waals surface area (Å²) >= 11 is 1.15. The van der Waals surface area contributed by atoms with E-state index in [1.165, 1.54) is 0 Å². The zero-order valence-electron chi connectivity index (χ0n) is 10.3. The lowest BCUT2D eigenvalue weighted by molar-refractivity contribution is -0.134. The highest BCUT2D eigenvalue weighted by Crippen LogP contribution is 2.28. The van der Waals surface area contributed by atoms with Gasteiger partial charge >= 0.3 is 5.97 Å². The molecule has 1 unspecified atom stereocenters. The molecule has 98 valence electrons. The van der Waals surface area contributed by atoms with Gasteiger partial charge in [-0.2, -0.15) is 0 Å². The smallest absolute Gasteiger partial charge is 0.313 e. The van der Waals surface area contributed by atoms with Crippen LogP contribution in [-0.2, 0) is 9.59 Å². The van der Waals surface area contributed by atoms with E-state index in [0.717, 1.165) is 30.4 Å². The van der Waals surface area contributed by atoms with E-state index in [9.17, 15) is 9.59 Å². The van der Waals surface area contributed by atoms with Crippen molar-refractivity contribution < 1.29 is 14.7 Å². The number of imidazole rings is 1. The normalized spacial score (nSPS) is 19.6. The number of thioether (sulfide) groups is 1. The SMILES string of the molecule is Cc1cn(C2CCN(C)C2=O)c(SCC(=O)O)n1. The maximum Gasteiger partial charge on any atom is 0.313 e. The molecule has 1 atom stereocenters. The summed E-state index contributed by atoms with van der Waals surface area (Å²) in [5.74, 6) is -0.876. The number of carbonyl (C=O) groups is 2. The molecule has 6 nitrogen and oxygen atoms in total. The first-order valence-electron chi connectivity index (χ1n) is 5.64. The summed E-state index contributed by atoms with van der Waals surface area (Å²) in [5.41, 5.74) is 0.797. The quantitative estimate of drug-likeness (QED) is 0.817. The first kappa shape index (κ1) is 12.9. The van der Waals surface area contributed by atoms with Gasteiger partial charge in [0.2, 0.25) is 5.91 Å². The number of aryl methyl sites for hydroxylation is 1. The number of rotatable bonds is 4. The molecule has 2 heterocycles. The van der Waals surface area contributed by atoms with E-state index in [2.05, 4.69) is 4.98 Å². The highest BCUT2D eigenvalue weighted by Gasteiger charge is 2.32. The predicted octanol–water partition coefficient (Wildman–Crippen LogP) is 0.771. The molecule has 7 heteroatoms. The van der Waals surface area contributed by atoms with Gasteiger partial charge in [-0.3, -0.25) is 9.59 Å². The molecule has 0 aliphatic carbocycles. The van der Waals surface area contributed by atoms with Crippen LogP contribution in [0.5, 0.6) is 0 Å². The van der Waals surface area contributed by atoms with Crippen molar-refractivity contribution >= 4 is 23.6 Å². The average molecular weight is 269 g/mol. The Hall–Kier alpha value is -1.50. The molecule has 0 aromatic carbocycles. The molecule has 1 fully saturated rings. The molecule has 1 amide bonds. The Labute approximate surface area is 109 Å². The Kier molecular flexibility index (Phi) is 3.60. The topological polar surface area (TPSA) is 75.4 Å². The minimum absolute atomic E-state index is 0.0484. The maximum absolute atomic E-state index is 12.0. The lowest BCUT2D eigenvalue weighted by atomic mass is 10.2. The van der Waals surface area contributed by atoms with Crippen LogP contribution >= 0.6 is 11.8 Å². The summed E-state index contributed by atoms with van der Waals surface area (Å²) in [6.07, 6.45) is 2.55. The van der Waals surface area contributed by atoms with Crippen LogP contribution in [0.15, 0.2) is 11.4 Å². The molecule has 0 bridgehead atoms. The zero-order chi connectivity index (χ0) is 13.3. The first-order chi connectivity index (χ1) is 8.49. The van der Waals surface area contributed by atoms with Crippen molar-refractivity contribution in [2.75, 3.05) is 19.3 Å². The molecule has 1 aliphatic rings.